The fourth-order valence-corrected chi connectivity index (χ4v) is 2.75. The smallest absolute Gasteiger partial charge is 0.239 e. The van der Waals surface area contributed by atoms with E-state index in [1.165, 1.54) is 6.92 Å². The minimum Gasteiger partial charge on any atom is -0.354 e. The third-order valence-corrected chi connectivity index (χ3v) is 4.26. The van der Waals surface area contributed by atoms with Gasteiger partial charge in [-0.3, -0.25) is 9.59 Å². The molecule has 0 atom stereocenters. The molecule has 0 radical (unpaired) electrons. The number of nitrogens with one attached hydrogen (secondary N) is 1. The maximum absolute atomic E-state index is 12.2. The van der Waals surface area contributed by atoms with Gasteiger partial charge in [0.1, 0.15) is 0 Å². The SMILES string of the molecule is CC(=O)N(CC(=O)NCCc1cccc(Cl)c1)Cc1ccccc1C. The van der Waals surface area contributed by atoms with Crippen molar-refractivity contribution in [2.75, 3.05) is 13.1 Å². The molecule has 0 heterocycles. The van der Waals surface area contributed by atoms with Gasteiger partial charge in [0.15, 0.2) is 0 Å². The number of nitrogens with zero attached hydrogens (tertiary/aromatic N) is 1. The van der Waals surface area contributed by atoms with Crippen LogP contribution in [0.2, 0.25) is 5.02 Å². The first-order chi connectivity index (χ1) is 12.0. The molecular formula is C20H23ClN2O2. The Morgan fingerprint density at radius 2 is 1.88 bits per heavy atom. The molecular weight excluding hydrogens is 336 g/mol. The highest BCUT2D eigenvalue weighted by Crippen LogP contribution is 2.11. The zero-order valence-corrected chi connectivity index (χ0v) is 15.3. The molecule has 0 spiro atoms. The molecule has 2 amide bonds. The number of hydrogen-bond donors (Lipinski definition) is 1. The molecule has 2 rings (SSSR count). The van der Waals surface area contributed by atoms with E-state index in [0.29, 0.717) is 24.5 Å². The number of halogens is 1. The van der Waals surface area contributed by atoms with E-state index in [1.807, 2.05) is 55.5 Å². The number of rotatable bonds is 7. The van der Waals surface area contributed by atoms with Crippen LogP contribution in [0.5, 0.6) is 0 Å². The van der Waals surface area contributed by atoms with Crippen molar-refractivity contribution in [2.24, 2.45) is 0 Å². The molecule has 0 bridgehead atoms. The van der Waals surface area contributed by atoms with Gasteiger partial charge in [0, 0.05) is 25.0 Å². The molecule has 0 aliphatic rings. The van der Waals surface area contributed by atoms with E-state index < -0.39 is 0 Å². The summed E-state index contributed by atoms with van der Waals surface area (Å²) in [7, 11) is 0. The van der Waals surface area contributed by atoms with Crippen LogP contribution in [-0.2, 0) is 22.6 Å². The van der Waals surface area contributed by atoms with Gasteiger partial charge in [0.25, 0.3) is 0 Å². The van der Waals surface area contributed by atoms with Crippen molar-refractivity contribution in [1.29, 1.82) is 0 Å². The maximum atomic E-state index is 12.2. The van der Waals surface area contributed by atoms with Gasteiger partial charge in [0.05, 0.1) is 6.54 Å². The first-order valence-electron chi connectivity index (χ1n) is 8.27. The van der Waals surface area contributed by atoms with Crippen LogP contribution in [0.3, 0.4) is 0 Å². The summed E-state index contributed by atoms with van der Waals surface area (Å²) in [4.78, 5) is 25.6. The van der Waals surface area contributed by atoms with Gasteiger partial charge in [-0.05, 0) is 42.2 Å². The molecule has 5 heteroatoms. The first-order valence-corrected chi connectivity index (χ1v) is 8.64. The molecule has 4 nitrogen and oxygen atoms in total. The molecule has 0 aliphatic heterocycles. The van der Waals surface area contributed by atoms with E-state index >= 15 is 0 Å². The van der Waals surface area contributed by atoms with Crippen molar-refractivity contribution < 1.29 is 9.59 Å². The summed E-state index contributed by atoms with van der Waals surface area (Å²) in [5.74, 6) is -0.279. The zero-order chi connectivity index (χ0) is 18.2. The fraction of sp³-hybridized carbons (Fsp3) is 0.300. The molecule has 0 unspecified atom stereocenters. The molecule has 0 aromatic heterocycles. The van der Waals surface area contributed by atoms with Crippen molar-refractivity contribution >= 4 is 23.4 Å². The minimum atomic E-state index is -0.161. The predicted molar refractivity (Wildman–Crippen MR) is 100 cm³/mol. The van der Waals surface area contributed by atoms with E-state index in [0.717, 1.165) is 16.7 Å². The van der Waals surface area contributed by atoms with Crippen molar-refractivity contribution in [3.05, 3.63) is 70.2 Å². The van der Waals surface area contributed by atoms with Crippen LogP contribution in [0.4, 0.5) is 0 Å². The molecule has 132 valence electrons. The van der Waals surface area contributed by atoms with Crippen LogP contribution < -0.4 is 5.32 Å². The lowest BCUT2D eigenvalue weighted by molar-refractivity contribution is -0.134. The molecule has 0 saturated heterocycles. The predicted octanol–water partition coefficient (Wildman–Crippen LogP) is 3.36. The highest BCUT2D eigenvalue weighted by atomic mass is 35.5. The summed E-state index contributed by atoms with van der Waals surface area (Å²) < 4.78 is 0. The Kier molecular flexibility index (Phi) is 7.02. The van der Waals surface area contributed by atoms with Gasteiger partial charge in [-0.15, -0.1) is 0 Å². The monoisotopic (exact) mass is 358 g/mol. The van der Waals surface area contributed by atoms with Crippen LogP contribution in [0.1, 0.15) is 23.6 Å². The van der Waals surface area contributed by atoms with Gasteiger partial charge in [-0.1, -0.05) is 48.0 Å². The standard InChI is InChI=1S/C20H23ClN2O2/c1-15-6-3-4-8-18(15)13-23(16(2)24)14-20(25)22-11-10-17-7-5-9-19(21)12-17/h3-9,12H,10-11,13-14H2,1-2H3,(H,22,25). The third kappa shape index (κ3) is 6.24. The lowest BCUT2D eigenvalue weighted by atomic mass is 10.1. The summed E-state index contributed by atoms with van der Waals surface area (Å²) in [6.45, 7) is 4.48. The molecule has 2 aromatic carbocycles. The number of carbonyl (C=O) groups is 2. The van der Waals surface area contributed by atoms with E-state index in [9.17, 15) is 9.59 Å². The minimum absolute atomic E-state index is 0.0548. The Bertz CT molecular complexity index is 746. The van der Waals surface area contributed by atoms with Gasteiger partial charge in [-0.25, -0.2) is 0 Å². The largest absolute Gasteiger partial charge is 0.354 e. The summed E-state index contributed by atoms with van der Waals surface area (Å²) in [5, 5.41) is 3.55. The van der Waals surface area contributed by atoms with Gasteiger partial charge in [0.2, 0.25) is 11.8 Å². The number of aryl methyl sites for hydroxylation is 1. The average Bonchev–Trinajstić information content (AvgIpc) is 2.56. The average molecular weight is 359 g/mol. The summed E-state index contributed by atoms with van der Waals surface area (Å²) in [6.07, 6.45) is 0.699. The first kappa shape index (κ1) is 19.0. The normalized spacial score (nSPS) is 10.4. The lowest BCUT2D eigenvalue weighted by Crippen LogP contribution is -2.40. The van der Waals surface area contributed by atoms with Crippen LogP contribution in [0.25, 0.3) is 0 Å². The molecule has 0 saturated carbocycles. The second-order valence-corrected chi connectivity index (χ2v) is 6.47. The summed E-state index contributed by atoms with van der Waals surface area (Å²) >= 11 is 5.95. The van der Waals surface area contributed by atoms with Crippen LogP contribution in [-0.4, -0.2) is 29.8 Å². The van der Waals surface area contributed by atoms with E-state index in [-0.39, 0.29) is 18.4 Å². The van der Waals surface area contributed by atoms with Crippen molar-refractivity contribution in [2.45, 2.75) is 26.8 Å². The second kappa shape index (κ2) is 9.23. The van der Waals surface area contributed by atoms with Crippen molar-refractivity contribution in [1.82, 2.24) is 10.2 Å². The molecule has 1 N–H and O–H groups in total. The molecule has 2 aromatic rings. The Balaban J connectivity index is 1.85. The second-order valence-electron chi connectivity index (χ2n) is 6.03. The number of carbonyl (C=O) groups excluding carboxylic acids is 2. The Morgan fingerprint density at radius 1 is 1.12 bits per heavy atom. The highest BCUT2D eigenvalue weighted by molar-refractivity contribution is 6.30. The van der Waals surface area contributed by atoms with E-state index in [4.69, 9.17) is 11.6 Å². The fourth-order valence-electron chi connectivity index (χ4n) is 2.54. The Hall–Kier alpha value is -2.33. The highest BCUT2D eigenvalue weighted by Gasteiger charge is 2.14. The molecule has 25 heavy (non-hydrogen) atoms. The lowest BCUT2D eigenvalue weighted by Gasteiger charge is -2.21. The van der Waals surface area contributed by atoms with Crippen LogP contribution in [0.15, 0.2) is 48.5 Å². The van der Waals surface area contributed by atoms with Crippen molar-refractivity contribution in [3.63, 3.8) is 0 Å². The Labute approximate surface area is 153 Å². The summed E-state index contributed by atoms with van der Waals surface area (Å²) in [6, 6.07) is 15.4. The van der Waals surface area contributed by atoms with E-state index in [1.54, 1.807) is 4.90 Å². The molecule has 0 fully saturated rings. The summed E-state index contributed by atoms with van der Waals surface area (Å²) in [5.41, 5.74) is 3.22. The van der Waals surface area contributed by atoms with E-state index in [2.05, 4.69) is 5.32 Å². The third-order valence-electron chi connectivity index (χ3n) is 4.03. The quantitative estimate of drug-likeness (QED) is 0.825. The Morgan fingerprint density at radius 3 is 2.56 bits per heavy atom. The van der Waals surface area contributed by atoms with Gasteiger partial charge >= 0.3 is 0 Å². The number of hydrogen-bond acceptors (Lipinski definition) is 2. The van der Waals surface area contributed by atoms with Gasteiger partial charge < -0.3 is 10.2 Å². The number of benzene rings is 2. The van der Waals surface area contributed by atoms with Gasteiger partial charge in [-0.2, -0.15) is 0 Å². The van der Waals surface area contributed by atoms with Crippen LogP contribution >= 0.6 is 11.6 Å². The van der Waals surface area contributed by atoms with Crippen LogP contribution in [0, 0.1) is 6.92 Å². The maximum Gasteiger partial charge on any atom is 0.239 e. The topological polar surface area (TPSA) is 49.4 Å². The van der Waals surface area contributed by atoms with Crippen molar-refractivity contribution in [3.8, 4) is 0 Å². The zero-order valence-electron chi connectivity index (χ0n) is 14.6. The number of amides is 2. The molecule has 0 aliphatic carbocycles.